The van der Waals surface area contributed by atoms with E-state index in [0.717, 1.165) is 0 Å². The minimum absolute atomic E-state index is 0.177. The average molecular weight is 369 g/mol. The Kier molecular flexibility index (Phi) is 5.74. The molecule has 2 fully saturated rings. The van der Waals surface area contributed by atoms with Gasteiger partial charge in [-0.2, -0.15) is 0 Å². The second-order valence-electron chi connectivity index (χ2n) is 7.72. The van der Waals surface area contributed by atoms with E-state index >= 15 is 0 Å². The summed E-state index contributed by atoms with van der Waals surface area (Å²) in [4.78, 5) is 50.8. The summed E-state index contributed by atoms with van der Waals surface area (Å²) in [5.41, 5.74) is 10.3. The maximum absolute atomic E-state index is 12.6. The quantitative estimate of drug-likeness (QED) is 0.551. The molecule has 2 heterocycles. The van der Waals surface area contributed by atoms with E-state index in [1.54, 1.807) is 20.8 Å². The second-order valence-corrected chi connectivity index (χ2v) is 7.72. The van der Waals surface area contributed by atoms with Crippen molar-refractivity contribution in [2.75, 3.05) is 19.6 Å². The van der Waals surface area contributed by atoms with Gasteiger partial charge in [0.15, 0.2) is 0 Å². The minimum Gasteiger partial charge on any atom is -0.444 e. The van der Waals surface area contributed by atoms with E-state index in [9.17, 15) is 19.2 Å². The first-order valence-corrected chi connectivity index (χ1v) is 8.60. The van der Waals surface area contributed by atoms with Crippen LogP contribution in [0.2, 0.25) is 0 Å². The molecule has 4 amide bonds. The van der Waals surface area contributed by atoms with Crippen molar-refractivity contribution in [2.24, 2.45) is 11.5 Å². The predicted octanol–water partition coefficient (Wildman–Crippen LogP) is -1.47. The lowest BCUT2D eigenvalue weighted by Crippen LogP contribution is -2.51. The molecule has 0 aromatic heterocycles. The number of amides is 4. The number of nitrogens with two attached hydrogens (primary N) is 2. The van der Waals surface area contributed by atoms with Gasteiger partial charge in [0, 0.05) is 19.1 Å². The molecule has 5 N–H and O–H groups in total. The maximum Gasteiger partial charge on any atom is 0.411 e. The zero-order valence-corrected chi connectivity index (χ0v) is 15.4. The maximum atomic E-state index is 12.6. The molecule has 0 spiro atoms. The summed E-state index contributed by atoms with van der Waals surface area (Å²) in [5.74, 6) is -1.42. The monoisotopic (exact) mass is 369 g/mol. The highest BCUT2D eigenvalue weighted by atomic mass is 16.6. The van der Waals surface area contributed by atoms with Crippen molar-refractivity contribution in [1.82, 2.24) is 15.1 Å². The highest BCUT2D eigenvalue weighted by Gasteiger charge is 2.42. The van der Waals surface area contributed by atoms with Crippen LogP contribution in [-0.2, 0) is 19.1 Å². The number of hydrogen-bond acceptors (Lipinski definition) is 6. The zero-order chi connectivity index (χ0) is 19.6. The molecular weight excluding hydrogens is 342 g/mol. The van der Waals surface area contributed by atoms with Crippen molar-refractivity contribution in [3.05, 3.63) is 0 Å². The number of carbonyl (C=O) groups excluding carboxylic acids is 4. The fourth-order valence-corrected chi connectivity index (χ4v) is 3.13. The summed E-state index contributed by atoms with van der Waals surface area (Å²) < 4.78 is 5.33. The molecule has 0 bridgehead atoms. The predicted molar refractivity (Wildman–Crippen MR) is 91.6 cm³/mol. The van der Waals surface area contributed by atoms with Gasteiger partial charge >= 0.3 is 6.09 Å². The van der Waals surface area contributed by atoms with Gasteiger partial charge in [0.25, 0.3) is 0 Å². The lowest BCUT2D eigenvalue weighted by molar-refractivity contribution is -0.135. The van der Waals surface area contributed by atoms with Crippen LogP contribution in [0.1, 0.15) is 33.6 Å². The molecule has 26 heavy (non-hydrogen) atoms. The van der Waals surface area contributed by atoms with E-state index in [1.165, 1.54) is 9.80 Å². The summed E-state index contributed by atoms with van der Waals surface area (Å²) in [6, 6.07) is -1.87. The van der Waals surface area contributed by atoms with Crippen LogP contribution < -0.4 is 16.8 Å². The molecule has 0 aromatic carbocycles. The van der Waals surface area contributed by atoms with Crippen LogP contribution in [0.5, 0.6) is 0 Å². The van der Waals surface area contributed by atoms with E-state index < -0.39 is 35.6 Å². The van der Waals surface area contributed by atoms with Crippen LogP contribution in [0.3, 0.4) is 0 Å². The molecule has 0 aliphatic carbocycles. The van der Waals surface area contributed by atoms with Gasteiger partial charge in [-0.1, -0.05) is 0 Å². The molecule has 2 rings (SSSR count). The van der Waals surface area contributed by atoms with Crippen molar-refractivity contribution in [3.8, 4) is 0 Å². The summed E-state index contributed by atoms with van der Waals surface area (Å²) in [6.07, 6.45) is 0.0544. The summed E-state index contributed by atoms with van der Waals surface area (Å²) >= 11 is 0. The van der Waals surface area contributed by atoms with Crippen molar-refractivity contribution in [1.29, 1.82) is 0 Å². The fraction of sp³-hybridized carbons (Fsp3) is 0.750. The summed E-state index contributed by atoms with van der Waals surface area (Å²) in [6.45, 7) is 5.58. The van der Waals surface area contributed by atoms with E-state index in [4.69, 9.17) is 16.2 Å². The van der Waals surface area contributed by atoms with Gasteiger partial charge in [-0.15, -0.1) is 0 Å². The fourth-order valence-electron chi connectivity index (χ4n) is 3.13. The van der Waals surface area contributed by atoms with E-state index in [0.29, 0.717) is 13.0 Å². The summed E-state index contributed by atoms with van der Waals surface area (Å²) in [7, 11) is 0. The number of primary amides is 1. The van der Waals surface area contributed by atoms with Crippen LogP contribution in [0.15, 0.2) is 0 Å². The molecule has 2 aliphatic heterocycles. The third-order valence-electron chi connectivity index (χ3n) is 4.22. The number of ether oxygens (including phenoxy) is 1. The molecule has 10 heteroatoms. The van der Waals surface area contributed by atoms with Crippen LogP contribution in [-0.4, -0.2) is 77.0 Å². The SMILES string of the molecule is CC(C)(C)OC(=O)N1C[C@@H](N)C[C@H]1C(=O)N[C@@H]1CCN(CC(N)=O)C1=O. The molecule has 0 aromatic rings. The number of nitrogens with zero attached hydrogens (tertiary/aromatic N) is 2. The molecule has 0 unspecified atom stereocenters. The second kappa shape index (κ2) is 7.48. The molecule has 10 nitrogen and oxygen atoms in total. The standard InChI is InChI=1S/C16H27N5O5/c1-16(2,3)26-15(25)21-7-9(17)6-11(21)13(23)19-10-4-5-20(14(10)24)8-12(18)22/h9-11H,4-8,17H2,1-3H3,(H2,18,22)(H,19,23)/t9-,10+,11-/m0/s1. The highest BCUT2D eigenvalue weighted by Crippen LogP contribution is 2.21. The van der Waals surface area contributed by atoms with Crippen molar-refractivity contribution >= 4 is 23.8 Å². The lowest BCUT2D eigenvalue weighted by Gasteiger charge is -2.28. The number of hydrogen-bond donors (Lipinski definition) is 3. The van der Waals surface area contributed by atoms with Gasteiger partial charge in [0.05, 0.1) is 6.54 Å². The third-order valence-corrected chi connectivity index (χ3v) is 4.22. The van der Waals surface area contributed by atoms with E-state index in [1.807, 2.05) is 0 Å². The molecule has 146 valence electrons. The molecule has 2 saturated heterocycles. The Morgan fingerprint density at radius 2 is 1.96 bits per heavy atom. The Morgan fingerprint density at radius 3 is 2.54 bits per heavy atom. The summed E-state index contributed by atoms with van der Waals surface area (Å²) in [5, 5.41) is 2.65. The van der Waals surface area contributed by atoms with Crippen LogP contribution >= 0.6 is 0 Å². The first kappa shape index (κ1) is 20.0. The number of likely N-dealkylation sites (tertiary alicyclic amines) is 2. The van der Waals surface area contributed by atoms with Gasteiger partial charge < -0.3 is 26.4 Å². The Labute approximate surface area is 152 Å². The minimum atomic E-state index is -0.794. The third kappa shape index (κ3) is 4.84. The molecular formula is C16H27N5O5. The molecule has 0 radical (unpaired) electrons. The average Bonchev–Trinajstić information content (AvgIpc) is 3.03. The van der Waals surface area contributed by atoms with Crippen molar-refractivity contribution in [3.63, 3.8) is 0 Å². The topological polar surface area (TPSA) is 148 Å². The molecule has 0 saturated carbocycles. The van der Waals surface area contributed by atoms with Gasteiger partial charge in [-0.3, -0.25) is 19.3 Å². The van der Waals surface area contributed by atoms with Crippen LogP contribution in [0.4, 0.5) is 4.79 Å². The van der Waals surface area contributed by atoms with Crippen LogP contribution in [0, 0.1) is 0 Å². The van der Waals surface area contributed by atoms with Gasteiger partial charge in [-0.05, 0) is 33.6 Å². The normalized spacial score (nSPS) is 26.2. The van der Waals surface area contributed by atoms with Crippen LogP contribution in [0.25, 0.3) is 0 Å². The van der Waals surface area contributed by atoms with Gasteiger partial charge in [0.1, 0.15) is 17.7 Å². The largest absolute Gasteiger partial charge is 0.444 e. The number of nitrogens with one attached hydrogen (secondary N) is 1. The number of carbonyl (C=O) groups is 4. The smallest absolute Gasteiger partial charge is 0.411 e. The Bertz CT molecular complexity index is 602. The van der Waals surface area contributed by atoms with Crippen molar-refractivity contribution < 1.29 is 23.9 Å². The van der Waals surface area contributed by atoms with Gasteiger partial charge in [-0.25, -0.2) is 4.79 Å². The van der Waals surface area contributed by atoms with E-state index in [2.05, 4.69) is 5.32 Å². The Hall–Kier alpha value is -2.36. The zero-order valence-electron chi connectivity index (χ0n) is 15.4. The lowest BCUT2D eigenvalue weighted by atomic mass is 10.1. The molecule has 2 aliphatic rings. The molecule has 3 atom stereocenters. The Balaban J connectivity index is 2.00. The van der Waals surface area contributed by atoms with E-state index in [-0.39, 0.29) is 31.5 Å². The van der Waals surface area contributed by atoms with Gasteiger partial charge in [0.2, 0.25) is 17.7 Å². The first-order chi connectivity index (χ1) is 12.0. The van der Waals surface area contributed by atoms with Crippen molar-refractivity contribution in [2.45, 2.75) is 57.3 Å². The number of rotatable bonds is 4. The highest BCUT2D eigenvalue weighted by molar-refractivity contribution is 5.94. The Morgan fingerprint density at radius 1 is 1.31 bits per heavy atom. The first-order valence-electron chi connectivity index (χ1n) is 8.60.